The van der Waals surface area contributed by atoms with Gasteiger partial charge in [0.2, 0.25) is 0 Å². The molecule has 5 nitrogen and oxygen atoms in total. The number of benzene rings is 1. The Balaban J connectivity index is 1.93. The van der Waals surface area contributed by atoms with Crippen molar-refractivity contribution in [1.29, 1.82) is 0 Å². The molecule has 0 aliphatic carbocycles. The van der Waals surface area contributed by atoms with Crippen LogP contribution in [0.3, 0.4) is 0 Å². The highest BCUT2D eigenvalue weighted by atomic mass is 16.1. The SMILES string of the molecule is Cc1nc(-c2cccn(C)c2=O)n(CCc2ccccc2)n1. The second-order valence-electron chi connectivity index (χ2n) is 5.28. The Morgan fingerprint density at radius 3 is 2.64 bits per heavy atom. The lowest BCUT2D eigenvalue weighted by molar-refractivity contribution is 0.615. The maximum Gasteiger partial charge on any atom is 0.261 e. The maximum absolute atomic E-state index is 12.3. The van der Waals surface area contributed by atoms with E-state index >= 15 is 0 Å². The van der Waals surface area contributed by atoms with Gasteiger partial charge in [-0.05, 0) is 31.0 Å². The molecule has 0 bridgehead atoms. The number of aromatic nitrogens is 4. The summed E-state index contributed by atoms with van der Waals surface area (Å²) in [6.45, 7) is 2.54. The second-order valence-corrected chi connectivity index (χ2v) is 5.28. The number of aryl methyl sites for hydroxylation is 4. The van der Waals surface area contributed by atoms with Crippen molar-refractivity contribution >= 4 is 0 Å². The molecule has 0 atom stereocenters. The van der Waals surface area contributed by atoms with Crippen molar-refractivity contribution < 1.29 is 0 Å². The largest absolute Gasteiger partial charge is 0.318 e. The van der Waals surface area contributed by atoms with E-state index in [0.717, 1.165) is 6.42 Å². The Hall–Kier alpha value is -2.69. The Labute approximate surface area is 128 Å². The lowest BCUT2D eigenvalue weighted by Crippen LogP contribution is -2.19. The van der Waals surface area contributed by atoms with Gasteiger partial charge in [-0.3, -0.25) is 4.79 Å². The van der Waals surface area contributed by atoms with Gasteiger partial charge in [0.1, 0.15) is 5.82 Å². The number of nitrogens with zero attached hydrogens (tertiary/aromatic N) is 4. The highest BCUT2D eigenvalue weighted by molar-refractivity contribution is 5.53. The van der Waals surface area contributed by atoms with Crippen molar-refractivity contribution in [2.75, 3.05) is 0 Å². The molecule has 0 saturated carbocycles. The zero-order valence-electron chi connectivity index (χ0n) is 12.7. The van der Waals surface area contributed by atoms with Crippen molar-refractivity contribution in [2.24, 2.45) is 7.05 Å². The molecule has 0 spiro atoms. The molecule has 3 rings (SSSR count). The van der Waals surface area contributed by atoms with E-state index in [2.05, 4.69) is 22.2 Å². The van der Waals surface area contributed by atoms with Gasteiger partial charge in [0.05, 0.1) is 5.56 Å². The van der Waals surface area contributed by atoms with Crippen LogP contribution in [0, 0.1) is 6.92 Å². The van der Waals surface area contributed by atoms with Crippen LogP contribution < -0.4 is 5.56 Å². The topological polar surface area (TPSA) is 52.7 Å². The summed E-state index contributed by atoms with van der Waals surface area (Å²) in [7, 11) is 1.74. The average molecular weight is 294 g/mol. The van der Waals surface area contributed by atoms with Gasteiger partial charge >= 0.3 is 0 Å². The van der Waals surface area contributed by atoms with Gasteiger partial charge in [0, 0.05) is 19.8 Å². The van der Waals surface area contributed by atoms with Gasteiger partial charge in [-0.25, -0.2) is 9.67 Å². The van der Waals surface area contributed by atoms with Crippen LogP contribution in [-0.2, 0) is 20.0 Å². The zero-order chi connectivity index (χ0) is 15.5. The predicted molar refractivity (Wildman–Crippen MR) is 85.6 cm³/mol. The fraction of sp³-hybridized carbons (Fsp3) is 0.235. The van der Waals surface area contributed by atoms with Gasteiger partial charge < -0.3 is 4.57 Å². The van der Waals surface area contributed by atoms with Crippen LogP contribution in [0.25, 0.3) is 11.4 Å². The van der Waals surface area contributed by atoms with E-state index < -0.39 is 0 Å². The summed E-state index contributed by atoms with van der Waals surface area (Å²) in [4.78, 5) is 16.7. The minimum Gasteiger partial charge on any atom is -0.318 e. The second kappa shape index (κ2) is 5.97. The molecule has 0 fully saturated rings. The third-order valence-electron chi connectivity index (χ3n) is 3.60. The van der Waals surface area contributed by atoms with Crippen LogP contribution in [0.5, 0.6) is 0 Å². The fourth-order valence-corrected chi connectivity index (χ4v) is 2.46. The molecule has 22 heavy (non-hydrogen) atoms. The Morgan fingerprint density at radius 1 is 1.09 bits per heavy atom. The standard InChI is InChI=1S/C17H18N4O/c1-13-18-16(15-9-6-11-20(2)17(15)22)21(19-13)12-10-14-7-4-3-5-8-14/h3-9,11H,10,12H2,1-2H3. The summed E-state index contributed by atoms with van der Waals surface area (Å²) in [5, 5.41) is 4.43. The van der Waals surface area contributed by atoms with E-state index in [1.54, 1.807) is 23.9 Å². The molecule has 0 unspecified atom stereocenters. The van der Waals surface area contributed by atoms with Gasteiger partial charge in [0.25, 0.3) is 5.56 Å². The molecule has 0 amide bonds. The number of pyridine rings is 1. The maximum atomic E-state index is 12.3. The molecule has 0 N–H and O–H groups in total. The fourth-order valence-electron chi connectivity index (χ4n) is 2.46. The molecule has 5 heteroatoms. The van der Waals surface area contributed by atoms with Gasteiger partial charge in [-0.2, -0.15) is 5.10 Å². The lowest BCUT2D eigenvalue weighted by Gasteiger charge is -2.07. The lowest BCUT2D eigenvalue weighted by atomic mass is 10.1. The smallest absolute Gasteiger partial charge is 0.261 e. The Kier molecular flexibility index (Phi) is 3.87. The third kappa shape index (κ3) is 2.83. The van der Waals surface area contributed by atoms with E-state index in [4.69, 9.17) is 0 Å². The molecule has 0 aliphatic rings. The Morgan fingerprint density at radius 2 is 1.86 bits per heavy atom. The van der Waals surface area contributed by atoms with Crippen LogP contribution in [0.2, 0.25) is 0 Å². The first-order valence-corrected chi connectivity index (χ1v) is 7.26. The molecule has 112 valence electrons. The van der Waals surface area contributed by atoms with Gasteiger partial charge in [-0.1, -0.05) is 30.3 Å². The molecule has 1 aromatic carbocycles. The predicted octanol–water partition coefficient (Wildman–Crippen LogP) is 2.19. The summed E-state index contributed by atoms with van der Waals surface area (Å²) in [5.41, 5.74) is 1.76. The average Bonchev–Trinajstić information content (AvgIpc) is 2.90. The quantitative estimate of drug-likeness (QED) is 0.741. The van der Waals surface area contributed by atoms with Crippen LogP contribution in [0.4, 0.5) is 0 Å². The first kappa shape index (κ1) is 14.3. The van der Waals surface area contributed by atoms with E-state index in [0.29, 0.717) is 23.8 Å². The van der Waals surface area contributed by atoms with Gasteiger partial charge in [-0.15, -0.1) is 0 Å². The summed E-state index contributed by atoms with van der Waals surface area (Å²) >= 11 is 0. The monoisotopic (exact) mass is 294 g/mol. The molecule has 0 aliphatic heterocycles. The summed E-state index contributed by atoms with van der Waals surface area (Å²) in [6, 6.07) is 13.9. The van der Waals surface area contributed by atoms with Crippen molar-refractivity contribution in [1.82, 2.24) is 19.3 Å². The number of rotatable bonds is 4. The molecular weight excluding hydrogens is 276 g/mol. The molecule has 2 aromatic heterocycles. The van der Waals surface area contributed by atoms with Crippen LogP contribution >= 0.6 is 0 Å². The molecule has 2 heterocycles. The van der Waals surface area contributed by atoms with Crippen LogP contribution in [-0.4, -0.2) is 19.3 Å². The van der Waals surface area contributed by atoms with Crippen molar-refractivity contribution in [2.45, 2.75) is 19.9 Å². The summed E-state index contributed by atoms with van der Waals surface area (Å²) in [6.07, 6.45) is 2.59. The number of hydrogen-bond donors (Lipinski definition) is 0. The van der Waals surface area contributed by atoms with Crippen LogP contribution in [0.15, 0.2) is 53.5 Å². The zero-order valence-corrected chi connectivity index (χ0v) is 12.7. The molecule has 0 saturated heterocycles. The van der Waals surface area contributed by atoms with E-state index in [1.807, 2.05) is 35.9 Å². The molecule has 3 aromatic rings. The Bertz CT molecular complexity index is 833. The summed E-state index contributed by atoms with van der Waals surface area (Å²) < 4.78 is 3.37. The van der Waals surface area contributed by atoms with E-state index in [9.17, 15) is 4.79 Å². The minimum atomic E-state index is -0.0594. The van der Waals surface area contributed by atoms with Crippen molar-refractivity contribution in [3.8, 4) is 11.4 Å². The third-order valence-corrected chi connectivity index (χ3v) is 3.60. The molecule has 0 radical (unpaired) electrons. The van der Waals surface area contributed by atoms with Gasteiger partial charge in [0.15, 0.2) is 5.82 Å². The van der Waals surface area contributed by atoms with E-state index in [-0.39, 0.29) is 5.56 Å². The highest BCUT2D eigenvalue weighted by Gasteiger charge is 2.13. The first-order chi connectivity index (χ1) is 10.6. The number of hydrogen-bond acceptors (Lipinski definition) is 3. The van der Waals surface area contributed by atoms with Crippen LogP contribution in [0.1, 0.15) is 11.4 Å². The minimum absolute atomic E-state index is 0.0594. The van der Waals surface area contributed by atoms with Crippen molar-refractivity contribution in [3.05, 3.63) is 70.4 Å². The highest BCUT2D eigenvalue weighted by Crippen LogP contribution is 2.14. The van der Waals surface area contributed by atoms with E-state index in [1.165, 1.54) is 5.56 Å². The summed E-state index contributed by atoms with van der Waals surface area (Å²) in [5.74, 6) is 1.31. The molecular formula is C17H18N4O. The normalized spacial score (nSPS) is 10.8. The first-order valence-electron chi connectivity index (χ1n) is 7.26. The van der Waals surface area contributed by atoms with Crippen molar-refractivity contribution in [3.63, 3.8) is 0 Å².